The predicted octanol–water partition coefficient (Wildman–Crippen LogP) is 2.43. The van der Waals surface area contributed by atoms with Crippen molar-refractivity contribution in [2.45, 2.75) is 32.1 Å². The van der Waals surface area contributed by atoms with Crippen LogP contribution >= 0.6 is 0 Å². The summed E-state index contributed by atoms with van der Waals surface area (Å²) in [4.78, 5) is 10.7. The molecule has 1 aromatic heterocycles. The standard InChI is InChI=1S/C18H24N4O/c1-14-3-5-15(6-4-14)22-17(20-11-12-23)13-16(21-22)18(2)7-9-19-10-8-18/h3-6,12-13,19-20H,7-11H2,1-2H3. The number of aromatic nitrogens is 2. The van der Waals surface area contributed by atoms with Gasteiger partial charge in [0.2, 0.25) is 0 Å². The number of piperidine rings is 1. The number of rotatable bonds is 5. The van der Waals surface area contributed by atoms with Crippen molar-refractivity contribution < 1.29 is 4.79 Å². The fourth-order valence-corrected chi connectivity index (χ4v) is 3.07. The molecule has 2 N–H and O–H groups in total. The zero-order chi connectivity index (χ0) is 16.3. The average molecular weight is 312 g/mol. The SMILES string of the molecule is Cc1ccc(-n2nc(C3(C)CCNCC3)cc2NCC=O)cc1. The first-order valence-electron chi connectivity index (χ1n) is 8.18. The van der Waals surface area contributed by atoms with Crippen LogP contribution in [0.4, 0.5) is 5.82 Å². The van der Waals surface area contributed by atoms with Crippen LogP contribution in [0.25, 0.3) is 5.69 Å². The van der Waals surface area contributed by atoms with E-state index in [1.807, 2.05) is 4.68 Å². The van der Waals surface area contributed by atoms with E-state index in [4.69, 9.17) is 5.10 Å². The Morgan fingerprint density at radius 1 is 1.30 bits per heavy atom. The Morgan fingerprint density at radius 2 is 2.00 bits per heavy atom. The van der Waals surface area contributed by atoms with Crippen molar-refractivity contribution >= 4 is 12.1 Å². The number of aryl methyl sites for hydroxylation is 1. The van der Waals surface area contributed by atoms with Crippen molar-refractivity contribution in [3.63, 3.8) is 0 Å². The second-order valence-electron chi connectivity index (χ2n) is 6.52. The van der Waals surface area contributed by atoms with Crippen LogP contribution in [0.1, 0.15) is 31.0 Å². The molecule has 0 bridgehead atoms. The third-order valence-electron chi connectivity index (χ3n) is 4.68. The maximum Gasteiger partial charge on any atom is 0.139 e. The second-order valence-corrected chi connectivity index (χ2v) is 6.52. The van der Waals surface area contributed by atoms with Crippen molar-refractivity contribution in [3.05, 3.63) is 41.6 Å². The van der Waals surface area contributed by atoms with Crippen molar-refractivity contribution in [1.82, 2.24) is 15.1 Å². The summed E-state index contributed by atoms with van der Waals surface area (Å²) >= 11 is 0. The van der Waals surface area contributed by atoms with Crippen LogP contribution in [-0.2, 0) is 10.2 Å². The molecule has 0 radical (unpaired) electrons. The van der Waals surface area contributed by atoms with E-state index in [-0.39, 0.29) is 12.0 Å². The summed E-state index contributed by atoms with van der Waals surface area (Å²) in [7, 11) is 0. The predicted molar refractivity (Wildman–Crippen MR) is 92.3 cm³/mol. The smallest absolute Gasteiger partial charge is 0.139 e. The molecule has 122 valence electrons. The molecule has 5 heteroatoms. The molecule has 3 rings (SSSR count). The van der Waals surface area contributed by atoms with E-state index in [0.29, 0.717) is 0 Å². The normalized spacial score (nSPS) is 17.0. The molecule has 0 amide bonds. The molecule has 0 saturated carbocycles. The minimum Gasteiger partial charge on any atom is -0.363 e. The van der Waals surface area contributed by atoms with Crippen molar-refractivity contribution in [3.8, 4) is 5.69 Å². The van der Waals surface area contributed by atoms with Crippen LogP contribution in [0.15, 0.2) is 30.3 Å². The molecule has 1 fully saturated rings. The van der Waals surface area contributed by atoms with Crippen LogP contribution < -0.4 is 10.6 Å². The van der Waals surface area contributed by atoms with Crippen LogP contribution in [0.3, 0.4) is 0 Å². The summed E-state index contributed by atoms with van der Waals surface area (Å²) in [6, 6.07) is 10.4. The molecule has 0 spiro atoms. The highest BCUT2D eigenvalue weighted by Gasteiger charge is 2.32. The van der Waals surface area contributed by atoms with E-state index in [0.717, 1.165) is 49.4 Å². The quantitative estimate of drug-likeness (QED) is 0.833. The number of hydrogen-bond donors (Lipinski definition) is 2. The number of carbonyl (C=O) groups excluding carboxylic acids is 1. The van der Waals surface area contributed by atoms with Gasteiger partial charge in [-0.1, -0.05) is 24.6 Å². The number of anilines is 1. The van der Waals surface area contributed by atoms with E-state index >= 15 is 0 Å². The number of benzene rings is 1. The number of carbonyl (C=O) groups is 1. The average Bonchev–Trinajstić information content (AvgIpc) is 2.99. The second kappa shape index (κ2) is 6.54. The van der Waals surface area contributed by atoms with E-state index in [9.17, 15) is 4.79 Å². The molecular formula is C18H24N4O. The van der Waals surface area contributed by atoms with Gasteiger partial charge in [-0.05, 0) is 45.0 Å². The zero-order valence-corrected chi connectivity index (χ0v) is 13.8. The van der Waals surface area contributed by atoms with Gasteiger partial charge < -0.3 is 15.4 Å². The maximum absolute atomic E-state index is 10.7. The van der Waals surface area contributed by atoms with Gasteiger partial charge in [0.15, 0.2) is 0 Å². The molecule has 1 saturated heterocycles. The molecule has 0 atom stereocenters. The lowest BCUT2D eigenvalue weighted by molar-refractivity contribution is -0.106. The van der Waals surface area contributed by atoms with Crippen LogP contribution in [0, 0.1) is 6.92 Å². The molecule has 1 aromatic carbocycles. The largest absolute Gasteiger partial charge is 0.363 e. The van der Waals surface area contributed by atoms with E-state index in [1.54, 1.807) is 0 Å². The fourth-order valence-electron chi connectivity index (χ4n) is 3.07. The van der Waals surface area contributed by atoms with Gasteiger partial charge in [-0.25, -0.2) is 4.68 Å². The Hall–Kier alpha value is -2.14. The zero-order valence-electron chi connectivity index (χ0n) is 13.8. The highest BCUT2D eigenvalue weighted by Crippen LogP contribution is 2.34. The van der Waals surface area contributed by atoms with E-state index < -0.39 is 0 Å². The third-order valence-corrected chi connectivity index (χ3v) is 4.68. The molecule has 0 unspecified atom stereocenters. The Labute approximate surface area is 137 Å². The third kappa shape index (κ3) is 3.29. The van der Waals surface area contributed by atoms with E-state index in [1.165, 1.54) is 5.56 Å². The minimum atomic E-state index is 0.0821. The summed E-state index contributed by atoms with van der Waals surface area (Å²) in [6.45, 7) is 6.67. The highest BCUT2D eigenvalue weighted by atomic mass is 16.1. The fraction of sp³-hybridized carbons (Fsp3) is 0.444. The minimum absolute atomic E-state index is 0.0821. The Kier molecular flexibility index (Phi) is 4.48. The lowest BCUT2D eigenvalue weighted by Gasteiger charge is -2.32. The van der Waals surface area contributed by atoms with E-state index in [2.05, 4.69) is 54.8 Å². The first kappa shape index (κ1) is 15.7. The van der Waals surface area contributed by atoms with Crippen molar-refractivity contribution in [2.75, 3.05) is 25.0 Å². The van der Waals surface area contributed by atoms with Gasteiger partial charge in [0.1, 0.15) is 12.1 Å². The molecule has 1 aliphatic heterocycles. The summed E-state index contributed by atoms with van der Waals surface area (Å²) in [6.07, 6.45) is 3.02. The highest BCUT2D eigenvalue weighted by molar-refractivity contribution is 5.59. The number of aldehydes is 1. The van der Waals surface area contributed by atoms with Gasteiger partial charge in [-0.2, -0.15) is 5.10 Å². The van der Waals surface area contributed by atoms with Gasteiger partial charge in [-0.15, -0.1) is 0 Å². The molecular weight excluding hydrogens is 288 g/mol. The molecule has 0 aliphatic carbocycles. The first-order valence-corrected chi connectivity index (χ1v) is 8.18. The lowest BCUT2D eigenvalue weighted by Crippen LogP contribution is -2.38. The summed E-state index contributed by atoms with van der Waals surface area (Å²) < 4.78 is 1.91. The monoisotopic (exact) mass is 312 g/mol. The van der Waals surface area contributed by atoms with Gasteiger partial charge >= 0.3 is 0 Å². The van der Waals surface area contributed by atoms with Gasteiger partial charge in [0.05, 0.1) is 17.9 Å². The van der Waals surface area contributed by atoms with Crippen LogP contribution in [-0.4, -0.2) is 35.7 Å². The molecule has 2 aromatic rings. The van der Waals surface area contributed by atoms with Gasteiger partial charge in [0.25, 0.3) is 0 Å². The van der Waals surface area contributed by atoms with Crippen LogP contribution in [0.5, 0.6) is 0 Å². The Bertz CT molecular complexity index is 669. The number of nitrogens with zero attached hydrogens (tertiary/aromatic N) is 2. The number of nitrogens with one attached hydrogen (secondary N) is 2. The van der Waals surface area contributed by atoms with Gasteiger partial charge in [-0.3, -0.25) is 0 Å². The van der Waals surface area contributed by atoms with Crippen molar-refractivity contribution in [2.24, 2.45) is 0 Å². The molecule has 23 heavy (non-hydrogen) atoms. The molecule has 2 heterocycles. The van der Waals surface area contributed by atoms with Crippen LogP contribution in [0.2, 0.25) is 0 Å². The lowest BCUT2D eigenvalue weighted by atomic mass is 9.78. The van der Waals surface area contributed by atoms with Gasteiger partial charge in [0, 0.05) is 11.5 Å². The molecule has 1 aliphatic rings. The summed E-state index contributed by atoms with van der Waals surface area (Å²) in [5.41, 5.74) is 3.40. The number of hydrogen-bond acceptors (Lipinski definition) is 4. The van der Waals surface area contributed by atoms with Crippen molar-refractivity contribution in [1.29, 1.82) is 0 Å². The topological polar surface area (TPSA) is 59.0 Å². The maximum atomic E-state index is 10.7. The first-order chi connectivity index (χ1) is 11.1. The summed E-state index contributed by atoms with van der Waals surface area (Å²) in [5, 5.41) is 11.4. The molecule has 5 nitrogen and oxygen atoms in total. The summed E-state index contributed by atoms with van der Waals surface area (Å²) in [5.74, 6) is 0.871. The Balaban J connectivity index is 1.99. The Morgan fingerprint density at radius 3 is 2.65 bits per heavy atom.